The maximum Gasteiger partial charge on any atom is 0.416 e. The fourth-order valence-corrected chi connectivity index (χ4v) is 2.21. The summed E-state index contributed by atoms with van der Waals surface area (Å²) in [5.74, 6) is -0.0849. The van der Waals surface area contributed by atoms with Crippen molar-refractivity contribution in [2.45, 2.75) is 18.0 Å². The highest BCUT2D eigenvalue weighted by Gasteiger charge is 2.30. The zero-order valence-electron chi connectivity index (χ0n) is 11.1. The summed E-state index contributed by atoms with van der Waals surface area (Å²) in [6.07, 6.45) is -4.36. The van der Waals surface area contributed by atoms with E-state index in [0.717, 1.165) is 30.4 Å². The number of benzene rings is 1. The molecular weight excluding hydrogens is 289 g/mol. The number of likely N-dealkylation sites (N-methyl/N-ethyl adjacent to an activating group) is 1. The standard InChI is InChI=1S/C13H17F3N2OS/c1-2-17-6-7-18-12(19)9-20-11-5-3-4-10(8-11)13(14,15)16/h3-5,8,17H,2,6-7,9H2,1H3,(H,18,19). The summed E-state index contributed by atoms with van der Waals surface area (Å²) in [6, 6.07) is 4.97. The third-order valence-electron chi connectivity index (χ3n) is 2.41. The molecule has 0 spiro atoms. The lowest BCUT2D eigenvalue weighted by molar-refractivity contribution is -0.137. The van der Waals surface area contributed by atoms with Gasteiger partial charge in [-0.2, -0.15) is 13.2 Å². The average Bonchev–Trinajstić information content (AvgIpc) is 2.41. The van der Waals surface area contributed by atoms with Crippen LogP contribution < -0.4 is 10.6 Å². The number of thioether (sulfide) groups is 1. The molecule has 0 radical (unpaired) electrons. The van der Waals surface area contributed by atoms with Gasteiger partial charge in [0.2, 0.25) is 5.91 Å². The molecular formula is C13H17F3N2OS. The van der Waals surface area contributed by atoms with E-state index < -0.39 is 11.7 Å². The van der Waals surface area contributed by atoms with Gasteiger partial charge in [0.1, 0.15) is 0 Å². The van der Waals surface area contributed by atoms with E-state index in [4.69, 9.17) is 0 Å². The molecule has 0 aliphatic heterocycles. The van der Waals surface area contributed by atoms with Crippen molar-refractivity contribution >= 4 is 17.7 Å². The van der Waals surface area contributed by atoms with Gasteiger partial charge in [-0.25, -0.2) is 0 Å². The molecule has 0 aromatic heterocycles. The number of amides is 1. The minimum Gasteiger partial charge on any atom is -0.354 e. The summed E-state index contributed by atoms with van der Waals surface area (Å²) in [5.41, 5.74) is -0.699. The van der Waals surface area contributed by atoms with Crippen LogP contribution >= 0.6 is 11.8 Å². The fourth-order valence-electron chi connectivity index (χ4n) is 1.43. The van der Waals surface area contributed by atoms with Crippen molar-refractivity contribution in [3.63, 3.8) is 0 Å². The lowest BCUT2D eigenvalue weighted by Gasteiger charge is -2.09. The number of hydrogen-bond acceptors (Lipinski definition) is 3. The van der Waals surface area contributed by atoms with E-state index in [1.807, 2.05) is 6.92 Å². The summed E-state index contributed by atoms with van der Waals surface area (Å²) in [5, 5.41) is 5.74. The lowest BCUT2D eigenvalue weighted by Crippen LogP contribution is -2.32. The van der Waals surface area contributed by atoms with Crippen LogP contribution in [0.25, 0.3) is 0 Å². The molecule has 0 aliphatic carbocycles. The Kier molecular flexibility index (Phi) is 6.87. The lowest BCUT2D eigenvalue weighted by atomic mass is 10.2. The van der Waals surface area contributed by atoms with E-state index in [0.29, 0.717) is 18.0 Å². The minimum absolute atomic E-state index is 0.105. The second-order valence-electron chi connectivity index (χ2n) is 4.02. The Hall–Kier alpha value is -1.21. The van der Waals surface area contributed by atoms with E-state index in [1.54, 1.807) is 6.07 Å². The van der Waals surface area contributed by atoms with Crippen LogP contribution in [0.1, 0.15) is 12.5 Å². The van der Waals surface area contributed by atoms with E-state index in [1.165, 1.54) is 6.07 Å². The highest BCUT2D eigenvalue weighted by atomic mass is 32.2. The molecule has 7 heteroatoms. The number of carbonyl (C=O) groups excluding carboxylic acids is 1. The zero-order chi connectivity index (χ0) is 15.0. The maximum atomic E-state index is 12.5. The zero-order valence-corrected chi connectivity index (χ0v) is 11.9. The fraction of sp³-hybridized carbons (Fsp3) is 0.462. The molecule has 0 aliphatic rings. The molecule has 0 heterocycles. The maximum absolute atomic E-state index is 12.5. The van der Waals surface area contributed by atoms with E-state index in [9.17, 15) is 18.0 Å². The summed E-state index contributed by atoms with van der Waals surface area (Å²) in [6.45, 7) is 3.98. The van der Waals surface area contributed by atoms with Gasteiger partial charge in [-0.1, -0.05) is 13.0 Å². The molecule has 20 heavy (non-hydrogen) atoms. The predicted octanol–water partition coefficient (Wildman–Crippen LogP) is 2.52. The first-order valence-corrected chi connectivity index (χ1v) is 7.19. The van der Waals surface area contributed by atoms with Crippen molar-refractivity contribution in [3.05, 3.63) is 29.8 Å². The SMILES string of the molecule is CCNCCNC(=O)CSc1cccc(C(F)(F)F)c1. The van der Waals surface area contributed by atoms with Gasteiger partial charge in [0, 0.05) is 18.0 Å². The summed E-state index contributed by atoms with van der Waals surface area (Å²) >= 11 is 1.09. The topological polar surface area (TPSA) is 41.1 Å². The van der Waals surface area contributed by atoms with Crippen molar-refractivity contribution in [2.24, 2.45) is 0 Å². The number of carbonyl (C=O) groups is 1. The van der Waals surface area contributed by atoms with Gasteiger partial charge in [-0.05, 0) is 24.7 Å². The second-order valence-corrected chi connectivity index (χ2v) is 5.07. The number of halogens is 3. The van der Waals surface area contributed by atoms with Crippen LogP contribution in [0.2, 0.25) is 0 Å². The Labute approximate surface area is 120 Å². The molecule has 1 aromatic rings. The quantitative estimate of drug-likeness (QED) is 0.601. The van der Waals surface area contributed by atoms with Crippen molar-refractivity contribution in [2.75, 3.05) is 25.4 Å². The Morgan fingerprint density at radius 2 is 2.05 bits per heavy atom. The first-order valence-electron chi connectivity index (χ1n) is 6.21. The molecule has 0 bridgehead atoms. The highest BCUT2D eigenvalue weighted by molar-refractivity contribution is 8.00. The van der Waals surface area contributed by atoms with Crippen LogP contribution in [-0.4, -0.2) is 31.3 Å². The molecule has 0 fully saturated rings. The Balaban J connectivity index is 2.40. The van der Waals surface area contributed by atoms with Crippen molar-refractivity contribution in [1.29, 1.82) is 0 Å². The van der Waals surface area contributed by atoms with Gasteiger partial charge in [-0.3, -0.25) is 4.79 Å². The summed E-state index contributed by atoms with van der Waals surface area (Å²) in [4.78, 5) is 11.9. The van der Waals surface area contributed by atoms with Crippen molar-refractivity contribution in [1.82, 2.24) is 10.6 Å². The molecule has 3 nitrogen and oxygen atoms in total. The normalized spacial score (nSPS) is 11.4. The molecule has 0 atom stereocenters. The Morgan fingerprint density at radius 1 is 1.30 bits per heavy atom. The van der Waals surface area contributed by atoms with Gasteiger partial charge in [-0.15, -0.1) is 11.8 Å². The van der Waals surface area contributed by atoms with Gasteiger partial charge in [0.25, 0.3) is 0 Å². The third kappa shape index (κ3) is 6.29. The Bertz CT molecular complexity index is 438. The average molecular weight is 306 g/mol. The number of rotatable bonds is 7. The largest absolute Gasteiger partial charge is 0.416 e. The molecule has 1 rings (SSSR count). The van der Waals surface area contributed by atoms with Crippen LogP contribution in [0.5, 0.6) is 0 Å². The highest BCUT2D eigenvalue weighted by Crippen LogP contribution is 2.31. The van der Waals surface area contributed by atoms with Crippen LogP contribution in [0.3, 0.4) is 0 Å². The molecule has 0 saturated heterocycles. The smallest absolute Gasteiger partial charge is 0.354 e. The molecule has 1 aromatic carbocycles. The first-order chi connectivity index (χ1) is 9.43. The predicted molar refractivity (Wildman–Crippen MR) is 73.7 cm³/mol. The summed E-state index contributed by atoms with van der Waals surface area (Å²) in [7, 11) is 0. The van der Waals surface area contributed by atoms with Gasteiger partial charge in [0.05, 0.1) is 11.3 Å². The first kappa shape index (κ1) is 16.8. The van der Waals surface area contributed by atoms with Crippen LogP contribution in [0, 0.1) is 0 Å². The van der Waals surface area contributed by atoms with Crippen molar-refractivity contribution in [3.8, 4) is 0 Å². The van der Waals surface area contributed by atoms with Gasteiger partial charge >= 0.3 is 6.18 Å². The molecule has 0 unspecified atom stereocenters. The van der Waals surface area contributed by atoms with E-state index in [-0.39, 0.29) is 11.7 Å². The Morgan fingerprint density at radius 3 is 2.70 bits per heavy atom. The van der Waals surface area contributed by atoms with Crippen LogP contribution in [0.4, 0.5) is 13.2 Å². The van der Waals surface area contributed by atoms with E-state index in [2.05, 4.69) is 10.6 Å². The monoisotopic (exact) mass is 306 g/mol. The van der Waals surface area contributed by atoms with Crippen molar-refractivity contribution < 1.29 is 18.0 Å². The molecule has 0 saturated carbocycles. The van der Waals surface area contributed by atoms with E-state index >= 15 is 0 Å². The number of alkyl halides is 3. The molecule has 2 N–H and O–H groups in total. The summed E-state index contributed by atoms with van der Waals surface area (Å²) < 4.78 is 37.5. The second kappa shape index (κ2) is 8.16. The van der Waals surface area contributed by atoms with Crippen LogP contribution in [-0.2, 0) is 11.0 Å². The van der Waals surface area contributed by atoms with Gasteiger partial charge < -0.3 is 10.6 Å². The van der Waals surface area contributed by atoms with Gasteiger partial charge in [0.15, 0.2) is 0 Å². The minimum atomic E-state index is -4.36. The third-order valence-corrected chi connectivity index (χ3v) is 3.40. The number of hydrogen-bond donors (Lipinski definition) is 2. The van der Waals surface area contributed by atoms with Crippen LogP contribution in [0.15, 0.2) is 29.2 Å². The molecule has 112 valence electrons. The number of nitrogens with one attached hydrogen (secondary N) is 2. The molecule has 1 amide bonds.